The molecule has 4 aliphatic heterocycles. The Kier molecular flexibility index (Phi) is 15.1. The molecule has 0 saturated carbocycles. The van der Waals surface area contributed by atoms with Crippen LogP contribution in [0.4, 0.5) is 51.2 Å². The lowest BCUT2D eigenvalue weighted by atomic mass is 9.72. The Morgan fingerprint density at radius 1 is 0.184 bits per heavy atom. The van der Waals surface area contributed by atoms with Gasteiger partial charge in [0.25, 0.3) is 0 Å². The van der Waals surface area contributed by atoms with Crippen LogP contribution in [-0.4, -0.2) is 0 Å². The van der Waals surface area contributed by atoms with Crippen LogP contribution in [0.5, 0.6) is 0 Å². The average Bonchev–Trinajstić information content (AvgIpc) is 0.730. The van der Waals surface area contributed by atoms with Gasteiger partial charge in [-0.05, 0) is 204 Å². The molecule has 0 bridgehead atoms. The molecule has 0 aromatic heterocycles. The third kappa shape index (κ3) is 10.6. The van der Waals surface area contributed by atoms with Gasteiger partial charge in [0.2, 0.25) is 0 Å². The Morgan fingerprint density at radius 3 is 1.03 bits per heavy atom. The largest absolute Gasteiger partial charge is 0.310 e. The Labute approximate surface area is 585 Å². The predicted molar refractivity (Wildman–Crippen MR) is 415 cm³/mol. The molecule has 0 unspecified atom stereocenters. The molecule has 472 valence electrons. The SMILES string of the molecule is CC1(C)c2ccccc2N(c2cccc(-c3ccccc3)c2)c2ccc(-c3ccc4c(c3)Sc3ccccc3N4c3ccc(-c4ccccc4)cc3)cc21.CC1(C)c2ccccc2Sc2ccc(-c3ccc4c(c3)C(C)(C)c3ccccc3N4c3cccc(-c4ccccc4)c3)cc21. The zero-order valence-electron chi connectivity index (χ0n) is 55.9. The highest BCUT2D eigenvalue weighted by Gasteiger charge is 2.40. The number of nitrogens with zero attached hydrogens (tertiary/aromatic N) is 3. The first-order valence-corrected chi connectivity index (χ1v) is 35.7. The van der Waals surface area contributed by atoms with Gasteiger partial charge in [-0.2, -0.15) is 0 Å². The number of anilines is 9. The predicted octanol–water partition coefficient (Wildman–Crippen LogP) is 26.7. The minimum atomic E-state index is -0.194. The van der Waals surface area contributed by atoms with Crippen LogP contribution in [-0.2, 0) is 16.2 Å². The highest BCUT2D eigenvalue weighted by Crippen LogP contribution is 2.58. The number of hydrogen-bond donors (Lipinski definition) is 0. The van der Waals surface area contributed by atoms with E-state index in [9.17, 15) is 0 Å². The normalized spacial score (nSPS) is 14.5. The van der Waals surface area contributed by atoms with Crippen molar-refractivity contribution in [1.29, 1.82) is 0 Å². The molecular weight excluding hydrogens is 1220 g/mol. The van der Waals surface area contributed by atoms with E-state index in [0.717, 1.165) is 11.4 Å². The summed E-state index contributed by atoms with van der Waals surface area (Å²) in [5, 5.41) is 0. The maximum Gasteiger partial charge on any atom is 0.0602 e. The van der Waals surface area contributed by atoms with Gasteiger partial charge in [0.1, 0.15) is 0 Å². The van der Waals surface area contributed by atoms with E-state index in [-0.39, 0.29) is 16.2 Å². The van der Waals surface area contributed by atoms with Crippen molar-refractivity contribution in [2.24, 2.45) is 0 Å². The maximum atomic E-state index is 2.45. The van der Waals surface area contributed by atoms with Crippen molar-refractivity contribution in [2.45, 2.75) is 77.4 Å². The van der Waals surface area contributed by atoms with Gasteiger partial charge < -0.3 is 14.7 Å². The summed E-state index contributed by atoms with van der Waals surface area (Å²) < 4.78 is 0. The Balaban J connectivity index is 0.000000150. The quantitative estimate of drug-likeness (QED) is 0.150. The van der Waals surface area contributed by atoms with Crippen LogP contribution < -0.4 is 14.7 Å². The second kappa shape index (κ2) is 24.4. The Bertz CT molecular complexity index is 5380. The molecular formula is C93H73N3S2. The van der Waals surface area contributed by atoms with Gasteiger partial charge in [-0.1, -0.05) is 283 Å². The highest BCUT2D eigenvalue weighted by molar-refractivity contribution is 8.00. The van der Waals surface area contributed by atoms with E-state index in [1.807, 2.05) is 23.5 Å². The zero-order valence-corrected chi connectivity index (χ0v) is 57.5. The lowest BCUT2D eigenvalue weighted by Gasteiger charge is -2.42. The lowest BCUT2D eigenvalue weighted by molar-refractivity contribution is 0.607. The van der Waals surface area contributed by atoms with E-state index in [0.29, 0.717) is 0 Å². The zero-order chi connectivity index (χ0) is 66.3. The van der Waals surface area contributed by atoms with Crippen molar-refractivity contribution >= 4 is 74.7 Å². The summed E-state index contributed by atoms with van der Waals surface area (Å²) in [5.74, 6) is 0. The van der Waals surface area contributed by atoms with Crippen LogP contribution in [0.25, 0.3) is 55.6 Å². The summed E-state index contributed by atoms with van der Waals surface area (Å²) in [6.45, 7) is 14.2. The Hall–Kier alpha value is -10.8. The molecule has 0 aliphatic carbocycles. The van der Waals surface area contributed by atoms with Crippen molar-refractivity contribution in [2.75, 3.05) is 14.7 Å². The fourth-order valence-electron chi connectivity index (χ4n) is 15.5. The van der Waals surface area contributed by atoms with E-state index >= 15 is 0 Å². The fraction of sp³-hybridized carbons (Fsp3) is 0.0968. The van der Waals surface area contributed by atoms with Crippen molar-refractivity contribution in [3.8, 4) is 55.6 Å². The molecule has 0 spiro atoms. The van der Waals surface area contributed by atoms with Gasteiger partial charge in [0.05, 0.1) is 34.1 Å². The number of rotatable bonds is 8. The van der Waals surface area contributed by atoms with Crippen molar-refractivity contribution < 1.29 is 0 Å². The van der Waals surface area contributed by atoms with Crippen LogP contribution in [0.15, 0.2) is 353 Å². The molecule has 5 heteroatoms. The molecule has 14 aromatic rings. The summed E-state index contributed by atoms with van der Waals surface area (Å²) in [4.78, 5) is 12.5. The summed E-state index contributed by atoms with van der Waals surface area (Å²) in [5.41, 5.74) is 30.9. The first-order valence-electron chi connectivity index (χ1n) is 34.0. The van der Waals surface area contributed by atoms with Gasteiger partial charge in [-0.3, -0.25) is 0 Å². The molecule has 0 fully saturated rings. The maximum absolute atomic E-state index is 2.45. The molecule has 0 atom stereocenters. The molecule has 3 nitrogen and oxygen atoms in total. The summed E-state index contributed by atoms with van der Waals surface area (Å²) in [6.07, 6.45) is 0. The second-order valence-electron chi connectivity index (χ2n) is 27.7. The van der Waals surface area contributed by atoms with Crippen LogP contribution in [0.3, 0.4) is 0 Å². The molecule has 0 radical (unpaired) electrons. The number of para-hydroxylation sites is 3. The summed E-state index contributed by atoms with van der Waals surface area (Å²) in [6, 6.07) is 122. The third-order valence-electron chi connectivity index (χ3n) is 20.7. The van der Waals surface area contributed by atoms with Gasteiger partial charge in [0.15, 0.2) is 0 Å². The smallest absolute Gasteiger partial charge is 0.0602 e. The molecule has 18 rings (SSSR count). The van der Waals surface area contributed by atoms with Crippen molar-refractivity contribution in [3.63, 3.8) is 0 Å². The topological polar surface area (TPSA) is 9.72 Å². The average molecular weight is 1300 g/mol. The van der Waals surface area contributed by atoms with Gasteiger partial charge in [-0.15, -0.1) is 0 Å². The molecule has 0 N–H and O–H groups in total. The van der Waals surface area contributed by atoms with E-state index in [1.54, 1.807) is 0 Å². The van der Waals surface area contributed by atoms with E-state index in [2.05, 4.69) is 390 Å². The third-order valence-corrected chi connectivity index (χ3v) is 23.0. The van der Waals surface area contributed by atoms with Gasteiger partial charge in [0, 0.05) is 52.9 Å². The molecule has 0 amide bonds. The first kappa shape index (κ1) is 60.8. The number of fused-ring (bicyclic) bond motifs is 8. The van der Waals surface area contributed by atoms with Crippen molar-refractivity contribution in [1.82, 2.24) is 0 Å². The summed E-state index contributed by atoms with van der Waals surface area (Å²) >= 11 is 3.75. The molecule has 0 saturated heterocycles. The number of benzene rings is 14. The van der Waals surface area contributed by atoms with E-state index in [4.69, 9.17) is 0 Å². The second-order valence-corrected chi connectivity index (χ2v) is 29.9. The molecule has 4 aliphatic rings. The van der Waals surface area contributed by atoms with Crippen LogP contribution in [0, 0.1) is 0 Å². The first-order chi connectivity index (χ1) is 47.8. The van der Waals surface area contributed by atoms with Crippen LogP contribution >= 0.6 is 23.5 Å². The standard InChI is InChI=1S/C51H38N2S.C42H35NS/c1-51(2)43-20-9-10-21-45(43)53(42-19-13-18-38(32-42)36-16-7-4-8-17-36)46-30-26-39(33-44(46)51)40-27-31-48-50(34-40)54-49-23-12-11-22-47(49)52(48)41-28-24-37(25-29-41)35-14-5-3-6-15-35;1-41(2)33-17-8-10-19-37(33)43(32-16-12-15-29(25-32)28-13-6-5-7-14-28)38-23-21-30(26-35(38)41)31-22-24-40-36(27-31)42(3,4)34-18-9-11-20-39(34)44-40/h3-34H,1-2H3;5-27H,1-4H3. The highest BCUT2D eigenvalue weighted by atomic mass is 32.2. The number of hydrogen-bond acceptors (Lipinski definition) is 5. The van der Waals surface area contributed by atoms with Gasteiger partial charge in [-0.25, -0.2) is 0 Å². The molecule has 14 aromatic carbocycles. The van der Waals surface area contributed by atoms with Crippen LogP contribution in [0.1, 0.15) is 74.9 Å². The monoisotopic (exact) mass is 1300 g/mol. The van der Waals surface area contributed by atoms with Crippen molar-refractivity contribution in [3.05, 3.63) is 367 Å². The van der Waals surface area contributed by atoms with E-state index < -0.39 is 0 Å². The lowest BCUT2D eigenvalue weighted by Crippen LogP contribution is -2.30. The van der Waals surface area contributed by atoms with E-state index in [1.165, 1.54) is 148 Å². The minimum absolute atomic E-state index is 0.0554. The van der Waals surface area contributed by atoms with Gasteiger partial charge >= 0.3 is 0 Å². The summed E-state index contributed by atoms with van der Waals surface area (Å²) in [7, 11) is 0. The molecule has 4 heterocycles. The molecule has 98 heavy (non-hydrogen) atoms. The van der Waals surface area contributed by atoms with Crippen LogP contribution in [0.2, 0.25) is 0 Å². The minimum Gasteiger partial charge on any atom is -0.310 e. The fourth-order valence-corrected chi connectivity index (χ4v) is 18.0. The Morgan fingerprint density at radius 2 is 0.500 bits per heavy atom.